The summed E-state index contributed by atoms with van der Waals surface area (Å²) < 4.78 is 11.9. The van der Waals surface area contributed by atoms with Gasteiger partial charge in [-0.2, -0.15) is 0 Å². The summed E-state index contributed by atoms with van der Waals surface area (Å²) in [5.41, 5.74) is 2.80. The van der Waals surface area contributed by atoms with Gasteiger partial charge in [-0.25, -0.2) is 0 Å². The van der Waals surface area contributed by atoms with E-state index in [0.717, 1.165) is 30.6 Å². The summed E-state index contributed by atoms with van der Waals surface area (Å²) in [7, 11) is 1.65. The third-order valence-corrected chi connectivity index (χ3v) is 7.59. The lowest BCUT2D eigenvalue weighted by molar-refractivity contribution is -0.137. The van der Waals surface area contributed by atoms with E-state index in [4.69, 9.17) is 9.47 Å². The number of hydrogen-bond donors (Lipinski definition) is 0. The zero-order valence-corrected chi connectivity index (χ0v) is 16.4. The van der Waals surface area contributed by atoms with E-state index in [2.05, 4.69) is 11.0 Å². The Balaban J connectivity index is 1.50. The zero-order valence-electron chi connectivity index (χ0n) is 16.4. The first-order chi connectivity index (χ1) is 14.1. The van der Waals surface area contributed by atoms with Gasteiger partial charge in [0.2, 0.25) is 0 Å². The minimum atomic E-state index is -0.442. The van der Waals surface area contributed by atoms with E-state index in [1.807, 2.05) is 36.4 Å². The fourth-order valence-electron chi connectivity index (χ4n) is 6.48. The van der Waals surface area contributed by atoms with Crippen LogP contribution in [-0.2, 0) is 16.6 Å². The van der Waals surface area contributed by atoms with Gasteiger partial charge in [0.25, 0.3) is 5.91 Å². The second kappa shape index (κ2) is 5.85. The highest BCUT2D eigenvalue weighted by Gasteiger charge is 2.66. The van der Waals surface area contributed by atoms with Crippen molar-refractivity contribution in [3.05, 3.63) is 59.2 Å². The predicted octanol–water partition coefficient (Wildman–Crippen LogP) is 3.14. The number of piperidine rings is 1. The molecule has 2 unspecified atom stereocenters. The highest BCUT2D eigenvalue weighted by Crippen LogP contribution is 2.63. The normalized spacial score (nSPS) is 31.1. The second-order valence-corrected chi connectivity index (χ2v) is 8.67. The molecule has 4 atom stereocenters. The Morgan fingerprint density at radius 3 is 2.83 bits per heavy atom. The fourth-order valence-corrected chi connectivity index (χ4v) is 6.48. The van der Waals surface area contributed by atoms with Crippen LogP contribution in [-0.4, -0.2) is 42.4 Å². The number of hydrogen-bond acceptors (Lipinski definition) is 4. The van der Waals surface area contributed by atoms with Crippen molar-refractivity contribution in [1.82, 2.24) is 4.90 Å². The molecule has 1 saturated heterocycles. The Bertz CT molecular complexity index is 1030. The van der Waals surface area contributed by atoms with E-state index in [0.29, 0.717) is 18.7 Å². The van der Waals surface area contributed by atoms with Crippen molar-refractivity contribution in [3.63, 3.8) is 0 Å². The van der Waals surface area contributed by atoms with Gasteiger partial charge in [-0.15, -0.1) is 0 Å². The van der Waals surface area contributed by atoms with Crippen molar-refractivity contribution in [3.8, 4) is 11.5 Å². The van der Waals surface area contributed by atoms with E-state index in [9.17, 15) is 9.59 Å². The Kier molecular flexibility index (Phi) is 3.44. The minimum Gasteiger partial charge on any atom is -0.493 e. The summed E-state index contributed by atoms with van der Waals surface area (Å²) in [6, 6.07) is 13.7. The van der Waals surface area contributed by atoms with Crippen LogP contribution < -0.4 is 9.47 Å². The highest BCUT2D eigenvalue weighted by atomic mass is 16.5. The monoisotopic (exact) mass is 389 g/mol. The molecular formula is C24H23NO4. The van der Waals surface area contributed by atoms with Crippen molar-refractivity contribution in [2.24, 2.45) is 5.92 Å². The first-order valence-electron chi connectivity index (χ1n) is 10.4. The molecule has 2 aliphatic carbocycles. The summed E-state index contributed by atoms with van der Waals surface area (Å²) in [5, 5.41) is 0. The molecular weight excluding hydrogens is 366 g/mol. The summed E-state index contributed by atoms with van der Waals surface area (Å²) in [6.45, 7) is 0.651. The Morgan fingerprint density at radius 1 is 1.21 bits per heavy atom. The van der Waals surface area contributed by atoms with E-state index >= 15 is 0 Å². The first-order valence-corrected chi connectivity index (χ1v) is 10.4. The Labute approximate surface area is 169 Å². The maximum absolute atomic E-state index is 13.4. The average molecular weight is 389 g/mol. The number of likely N-dealkylation sites (tertiary alicyclic amines) is 1. The molecule has 2 aliphatic heterocycles. The molecule has 2 heterocycles. The molecule has 4 aliphatic rings. The quantitative estimate of drug-likeness (QED) is 0.792. The van der Waals surface area contributed by atoms with Crippen LogP contribution in [0, 0.1) is 5.92 Å². The second-order valence-electron chi connectivity index (χ2n) is 8.67. The van der Waals surface area contributed by atoms with E-state index in [1.54, 1.807) is 7.11 Å². The van der Waals surface area contributed by atoms with Gasteiger partial charge in [0, 0.05) is 30.1 Å². The van der Waals surface area contributed by atoms with Crippen LogP contribution in [0.1, 0.15) is 40.7 Å². The number of ketones is 1. The minimum absolute atomic E-state index is 0.0926. The number of amides is 1. The van der Waals surface area contributed by atoms with Crippen molar-refractivity contribution in [2.75, 3.05) is 13.7 Å². The molecule has 1 saturated carbocycles. The largest absolute Gasteiger partial charge is 0.493 e. The molecule has 2 aromatic rings. The van der Waals surface area contributed by atoms with E-state index < -0.39 is 6.10 Å². The van der Waals surface area contributed by atoms with Crippen LogP contribution in [0.3, 0.4) is 0 Å². The van der Waals surface area contributed by atoms with Gasteiger partial charge in [-0.1, -0.05) is 24.3 Å². The van der Waals surface area contributed by atoms with Crippen LogP contribution >= 0.6 is 0 Å². The third-order valence-electron chi connectivity index (χ3n) is 7.59. The van der Waals surface area contributed by atoms with Crippen molar-refractivity contribution < 1.29 is 19.1 Å². The molecule has 2 aromatic carbocycles. The maximum atomic E-state index is 13.4. The Hall–Kier alpha value is -2.82. The predicted molar refractivity (Wildman–Crippen MR) is 106 cm³/mol. The number of carbonyl (C=O) groups excluding carboxylic acids is 2. The zero-order chi connectivity index (χ0) is 19.8. The number of carbonyl (C=O) groups is 2. The summed E-state index contributed by atoms with van der Waals surface area (Å²) in [5.74, 6) is 1.99. The van der Waals surface area contributed by atoms with Gasteiger partial charge in [0.1, 0.15) is 0 Å². The maximum Gasteiger partial charge on any atom is 0.254 e. The molecule has 29 heavy (non-hydrogen) atoms. The van der Waals surface area contributed by atoms with Crippen molar-refractivity contribution in [2.45, 2.75) is 43.2 Å². The Morgan fingerprint density at radius 2 is 2.03 bits per heavy atom. The number of methoxy groups -OCH3 is 1. The molecule has 1 amide bonds. The van der Waals surface area contributed by atoms with Gasteiger partial charge in [0.05, 0.1) is 12.5 Å². The van der Waals surface area contributed by atoms with Gasteiger partial charge in [-0.05, 0) is 48.9 Å². The van der Waals surface area contributed by atoms with Crippen LogP contribution in [0.25, 0.3) is 0 Å². The highest BCUT2D eigenvalue weighted by molar-refractivity contribution is 5.95. The third kappa shape index (κ3) is 2.05. The smallest absolute Gasteiger partial charge is 0.254 e. The summed E-state index contributed by atoms with van der Waals surface area (Å²) in [6.07, 6.45) is 2.46. The van der Waals surface area contributed by atoms with Gasteiger partial charge in [-0.3, -0.25) is 9.59 Å². The number of rotatable bonds is 2. The van der Waals surface area contributed by atoms with E-state index in [1.165, 1.54) is 11.1 Å². The number of ether oxygens (including phenoxy) is 2. The molecule has 148 valence electrons. The molecule has 2 bridgehead atoms. The molecule has 0 radical (unpaired) electrons. The topological polar surface area (TPSA) is 55.8 Å². The van der Waals surface area contributed by atoms with Gasteiger partial charge >= 0.3 is 0 Å². The van der Waals surface area contributed by atoms with Crippen molar-refractivity contribution in [1.29, 1.82) is 0 Å². The summed E-state index contributed by atoms with van der Waals surface area (Å²) in [4.78, 5) is 28.3. The molecule has 5 nitrogen and oxygen atoms in total. The standard InChI is InChI=1S/C24H23NO4/c1-28-19-10-7-15-13-17-16-8-9-18(26)22-24(16,20(15)21(19)29-22)11-12-25(17)23(27)14-5-3-2-4-6-14/h2-7,10,16-17,22H,8-9,11-13H2,1H3/t16-,17?,22?,24-/m1/s1. The van der Waals surface area contributed by atoms with Crippen LogP contribution in [0.4, 0.5) is 0 Å². The van der Waals surface area contributed by atoms with Crippen molar-refractivity contribution >= 4 is 11.7 Å². The lowest BCUT2D eigenvalue weighted by atomic mass is 9.51. The van der Waals surface area contributed by atoms with Gasteiger partial charge in [0.15, 0.2) is 23.4 Å². The number of nitrogens with zero attached hydrogens (tertiary/aromatic N) is 1. The lowest BCUT2D eigenvalue weighted by Gasteiger charge is -2.57. The first kappa shape index (κ1) is 17.1. The molecule has 2 fully saturated rings. The van der Waals surface area contributed by atoms with Crippen LogP contribution in [0.15, 0.2) is 42.5 Å². The van der Waals surface area contributed by atoms with E-state index in [-0.39, 0.29) is 29.1 Å². The SMILES string of the molecule is COc1ccc2c3c1OC1C(=O)CC[C@@H]4C(C2)N(C(=O)c2ccccc2)CC[C@@]314. The fraction of sp³-hybridized carbons (Fsp3) is 0.417. The lowest BCUT2D eigenvalue weighted by Crippen LogP contribution is -2.66. The average Bonchev–Trinajstić information content (AvgIpc) is 3.10. The van der Waals surface area contributed by atoms with Crippen LogP contribution in [0.2, 0.25) is 0 Å². The molecule has 0 aromatic heterocycles. The molecule has 5 heteroatoms. The summed E-state index contributed by atoms with van der Waals surface area (Å²) >= 11 is 0. The molecule has 6 rings (SSSR count). The van der Waals surface area contributed by atoms with Crippen LogP contribution in [0.5, 0.6) is 11.5 Å². The number of benzene rings is 2. The molecule has 1 spiro atoms. The number of Topliss-reactive ketones (excluding diaryl/α,β-unsaturated/α-hetero) is 1. The molecule has 0 N–H and O–H groups in total. The van der Waals surface area contributed by atoms with Gasteiger partial charge < -0.3 is 14.4 Å².